The summed E-state index contributed by atoms with van der Waals surface area (Å²) in [4.78, 5) is 12.0. The van der Waals surface area contributed by atoms with Crippen LogP contribution in [0, 0.1) is 0 Å². The van der Waals surface area contributed by atoms with Crippen LogP contribution in [0.25, 0.3) is 0 Å². The van der Waals surface area contributed by atoms with Crippen molar-refractivity contribution in [3.05, 3.63) is 23.8 Å². The molecule has 0 saturated heterocycles. The van der Waals surface area contributed by atoms with Crippen molar-refractivity contribution in [1.29, 1.82) is 0 Å². The highest BCUT2D eigenvalue weighted by atomic mass is 16.5. The maximum Gasteiger partial charge on any atom is 0.316 e. The zero-order valence-corrected chi connectivity index (χ0v) is 11.6. The summed E-state index contributed by atoms with van der Waals surface area (Å²) in [6.07, 6.45) is 0. The van der Waals surface area contributed by atoms with E-state index in [1.54, 1.807) is 39.3 Å². The Labute approximate surface area is 108 Å². The molecule has 0 aromatic heterocycles. The average molecular weight is 252 g/mol. The number of esters is 1. The van der Waals surface area contributed by atoms with Crippen molar-refractivity contribution < 1.29 is 19.0 Å². The van der Waals surface area contributed by atoms with Gasteiger partial charge in [-0.05, 0) is 39.0 Å². The van der Waals surface area contributed by atoms with E-state index in [4.69, 9.17) is 14.2 Å². The van der Waals surface area contributed by atoms with Crippen LogP contribution in [-0.2, 0) is 14.9 Å². The molecule has 1 aromatic carbocycles. The van der Waals surface area contributed by atoms with Crippen molar-refractivity contribution in [2.75, 3.05) is 20.8 Å². The summed E-state index contributed by atoms with van der Waals surface area (Å²) in [7, 11) is 3.16. The molecule has 0 unspecified atom stereocenters. The molecule has 0 aliphatic heterocycles. The van der Waals surface area contributed by atoms with Crippen LogP contribution in [0.5, 0.6) is 11.5 Å². The van der Waals surface area contributed by atoms with E-state index in [0.717, 1.165) is 5.56 Å². The molecule has 0 amide bonds. The Morgan fingerprint density at radius 2 is 1.89 bits per heavy atom. The van der Waals surface area contributed by atoms with Crippen molar-refractivity contribution in [2.24, 2.45) is 0 Å². The topological polar surface area (TPSA) is 44.8 Å². The Morgan fingerprint density at radius 3 is 2.39 bits per heavy atom. The number of carbonyl (C=O) groups excluding carboxylic acids is 1. The van der Waals surface area contributed by atoms with E-state index in [1.807, 2.05) is 13.8 Å². The van der Waals surface area contributed by atoms with Crippen LogP contribution in [0.3, 0.4) is 0 Å². The van der Waals surface area contributed by atoms with Crippen LogP contribution < -0.4 is 9.47 Å². The van der Waals surface area contributed by atoms with Crippen LogP contribution in [0.4, 0.5) is 0 Å². The summed E-state index contributed by atoms with van der Waals surface area (Å²) in [5, 5.41) is 0. The summed E-state index contributed by atoms with van der Waals surface area (Å²) < 4.78 is 15.6. The number of hydrogen-bond acceptors (Lipinski definition) is 4. The summed E-state index contributed by atoms with van der Waals surface area (Å²) in [5.74, 6) is 1.05. The quantitative estimate of drug-likeness (QED) is 0.755. The normalized spacial score (nSPS) is 10.9. The summed E-state index contributed by atoms with van der Waals surface area (Å²) in [5.41, 5.74) is -0.0293. The van der Waals surface area contributed by atoms with E-state index in [1.165, 1.54) is 0 Å². The van der Waals surface area contributed by atoms with Crippen molar-refractivity contribution in [1.82, 2.24) is 0 Å². The van der Waals surface area contributed by atoms with Gasteiger partial charge in [0, 0.05) is 5.56 Å². The van der Waals surface area contributed by atoms with Crippen molar-refractivity contribution in [3.63, 3.8) is 0 Å². The van der Waals surface area contributed by atoms with Gasteiger partial charge in [-0.15, -0.1) is 0 Å². The molecule has 4 heteroatoms. The molecule has 100 valence electrons. The van der Waals surface area contributed by atoms with E-state index >= 15 is 0 Å². The minimum absolute atomic E-state index is 0.281. The number of carbonyl (C=O) groups is 1. The van der Waals surface area contributed by atoms with Gasteiger partial charge in [0.25, 0.3) is 0 Å². The predicted molar refractivity (Wildman–Crippen MR) is 69.2 cm³/mol. The van der Waals surface area contributed by atoms with Crippen molar-refractivity contribution in [2.45, 2.75) is 26.2 Å². The molecule has 0 spiro atoms. The van der Waals surface area contributed by atoms with Gasteiger partial charge in [0.15, 0.2) is 0 Å². The van der Waals surface area contributed by atoms with Gasteiger partial charge >= 0.3 is 5.97 Å². The molecule has 0 N–H and O–H groups in total. The summed E-state index contributed by atoms with van der Waals surface area (Å²) >= 11 is 0. The molecule has 0 aliphatic carbocycles. The van der Waals surface area contributed by atoms with Gasteiger partial charge in [-0.25, -0.2) is 0 Å². The van der Waals surface area contributed by atoms with Gasteiger partial charge in [0.2, 0.25) is 0 Å². The van der Waals surface area contributed by atoms with Crippen molar-refractivity contribution >= 4 is 5.97 Å². The Morgan fingerprint density at radius 1 is 1.22 bits per heavy atom. The Bertz CT molecular complexity index is 424. The predicted octanol–water partition coefficient (Wildman–Crippen LogP) is 2.54. The summed E-state index contributed by atoms with van der Waals surface area (Å²) in [6.45, 7) is 5.76. The number of ether oxygens (including phenoxy) is 3. The van der Waals surface area contributed by atoms with Gasteiger partial charge < -0.3 is 14.2 Å². The fourth-order valence-corrected chi connectivity index (χ4v) is 1.72. The van der Waals surface area contributed by atoms with Crippen LogP contribution >= 0.6 is 0 Å². The van der Waals surface area contributed by atoms with E-state index in [9.17, 15) is 4.79 Å². The van der Waals surface area contributed by atoms with Crippen LogP contribution in [0.1, 0.15) is 26.3 Å². The number of methoxy groups -OCH3 is 2. The van der Waals surface area contributed by atoms with E-state index < -0.39 is 5.41 Å². The molecule has 0 radical (unpaired) electrons. The zero-order valence-electron chi connectivity index (χ0n) is 11.6. The molecule has 1 aromatic rings. The number of benzene rings is 1. The summed E-state index contributed by atoms with van der Waals surface area (Å²) in [6, 6.07) is 5.38. The first-order valence-electron chi connectivity index (χ1n) is 5.87. The fourth-order valence-electron chi connectivity index (χ4n) is 1.72. The molecule has 0 fully saturated rings. The molecule has 18 heavy (non-hydrogen) atoms. The SMILES string of the molecule is CCOC(=O)C(C)(C)c1cc(OC)ccc1OC. The first kappa shape index (κ1) is 14.4. The Hall–Kier alpha value is -1.71. The lowest BCUT2D eigenvalue weighted by Crippen LogP contribution is -2.31. The lowest BCUT2D eigenvalue weighted by atomic mass is 9.84. The van der Waals surface area contributed by atoms with Crippen LogP contribution in [0.2, 0.25) is 0 Å². The second-order valence-electron chi connectivity index (χ2n) is 4.41. The third-order valence-corrected chi connectivity index (χ3v) is 2.87. The standard InChI is InChI=1S/C14H20O4/c1-6-18-13(15)14(2,3)11-9-10(16-4)7-8-12(11)17-5/h7-9H,6H2,1-5H3. The van der Waals surface area contributed by atoms with Crippen LogP contribution in [0.15, 0.2) is 18.2 Å². The van der Waals surface area contributed by atoms with Gasteiger partial charge in [-0.1, -0.05) is 0 Å². The van der Waals surface area contributed by atoms with E-state index in [0.29, 0.717) is 18.1 Å². The molecule has 0 aliphatic rings. The lowest BCUT2D eigenvalue weighted by Gasteiger charge is -2.25. The molecular formula is C14H20O4. The van der Waals surface area contributed by atoms with E-state index in [-0.39, 0.29) is 5.97 Å². The molecule has 0 atom stereocenters. The molecule has 4 nitrogen and oxygen atoms in total. The van der Waals surface area contributed by atoms with Gasteiger partial charge in [0.1, 0.15) is 11.5 Å². The first-order valence-corrected chi connectivity index (χ1v) is 5.87. The monoisotopic (exact) mass is 252 g/mol. The molecular weight excluding hydrogens is 232 g/mol. The third kappa shape index (κ3) is 2.75. The minimum Gasteiger partial charge on any atom is -0.497 e. The lowest BCUT2D eigenvalue weighted by molar-refractivity contribution is -0.148. The highest BCUT2D eigenvalue weighted by molar-refractivity contribution is 5.83. The molecule has 0 saturated carbocycles. The fraction of sp³-hybridized carbons (Fsp3) is 0.500. The molecule has 1 rings (SSSR count). The third-order valence-electron chi connectivity index (χ3n) is 2.87. The second-order valence-corrected chi connectivity index (χ2v) is 4.41. The second kappa shape index (κ2) is 5.76. The number of hydrogen-bond donors (Lipinski definition) is 0. The first-order chi connectivity index (χ1) is 8.47. The van der Waals surface area contributed by atoms with Gasteiger partial charge in [0.05, 0.1) is 26.2 Å². The highest BCUT2D eigenvalue weighted by Crippen LogP contribution is 2.35. The molecule has 0 bridgehead atoms. The van der Waals surface area contributed by atoms with Gasteiger partial charge in [-0.3, -0.25) is 4.79 Å². The largest absolute Gasteiger partial charge is 0.497 e. The Kier molecular flexibility index (Phi) is 4.59. The zero-order chi connectivity index (χ0) is 13.8. The average Bonchev–Trinajstić information content (AvgIpc) is 2.38. The maximum atomic E-state index is 12.0. The van der Waals surface area contributed by atoms with E-state index in [2.05, 4.69) is 0 Å². The highest BCUT2D eigenvalue weighted by Gasteiger charge is 2.34. The number of rotatable bonds is 5. The van der Waals surface area contributed by atoms with Crippen molar-refractivity contribution in [3.8, 4) is 11.5 Å². The minimum atomic E-state index is -0.782. The maximum absolute atomic E-state index is 12.0. The smallest absolute Gasteiger partial charge is 0.316 e. The molecule has 0 heterocycles. The Balaban J connectivity index is 3.23. The van der Waals surface area contributed by atoms with Gasteiger partial charge in [-0.2, -0.15) is 0 Å². The van der Waals surface area contributed by atoms with Crippen LogP contribution in [-0.4, -0.2) is 26.8 Å².